The number of aromatic nitrogens is 2. The summed E-state index contributed by atoms with van der Waals surface area (Å²) >= 11 is 1.60. The largest absolute Gasteiger partial charge is 0.392 e. The molecule has 0 fully saturated rings. The molecule has 1 aromatic heterocycles. The fourth-order valence-corrected chi connectivity index (χ4v) is 1.54. The van der Waals surface area contributed by atoms with E-state index in [1.54, 1.807) is 25.6 Å². The molecule has 0 aliphatic carbocycles. The summed E-state index contributed by atoms with van der Waals surface area (Å²) in [6, 6.07) is 0. The molecule has 5 heteroatoms. The van der Waals surface area contributed by atoms with Crippen LogP contribution in [0.4, 0.5) is 0 Å². The zero-order valence-electron chi connectivity index (χ0n) is 8.02. The van der Waals surface area contributed by atoms with Crippen molar-refractivity contribution in [3.05, 3.63) is 11.7 Å². The third-order valence-electron chi connectivity index (χ3n) is 1.72. The number of thioether (sulfide) groups is 1. The van der Waals surface area contributed by atoms with Gasteiger partial charge in [-0.1, -0.05) is 12.1 Å². The Morgan fingerprint density at radius 3 is 2.69 bits per heavy atom. The van der Waals surface area contributed by atoms with Crippen LogP contribution in [0.25, 0.3) is 0 Å². The van der Waals surface area contributed by atoms with E-state index in [1.165, 1.54) is 0 Å². The molecule has 4 nitrogen and oxygen atoms in total. The Bertz CT molecular complexity index is 262. The molecule has 0 radical (unpaired) electrons. The van der Waals surface area contributed by atoms with Crippen molar-refractivity contribution in [3.63, 3.8) is 0 Å². The first-order valence-corrected chi connectivity index (χ1v) is 5.23. The van der Waals surface area contributed by atoms with Gasteiger partial charge in [-0.05, 0) is 13.8 Å². The van der Waals surface area contributed by atoms with Crippen LogP contribution < -0.4 is 0 Å². The van der Waals surface area contributed by atoms with Crippen LogP contribution in [0.15, 0.2) is 4.52 Å². The first kappa shape index (κ1) is 10.5. The Morgan fingerprint density at radius 1 is 1.54 bits per heavy atom. The van der Waals surface area contributed by atoms with E-state index in [0.717, 1.165) is 0 Å². The van der Waals surface area contributed by atoms with Crippen LogP contribution in [0.5, 0.6) is 0 Å². The van der Waals surface area contributed by atoms with Crippen LogP contribution in [0.2, 0.25) is 0 Å². The molecule has 0 aromatic carbocycles. The van der Waals surface area contributed by atoms with E-state index in [4.69, 9.17) is 4.52 Å². The zero-order chi connectivity index (χ0) is 9.84. The molecule has 74 valence electrons. The van der Waals surface area contributed by atoms with E-state index in [9.17, 15) is 5.11 Å². The number of aryl methyl sites for hydroxylation is 1. The van der Waals surface area contributed by atoms with Gasteiger partial charge in [-0.15, -0.1) is 11.8 Å². The maximum atomic E-state index is 9.22. The molecule has 1 heterocycles. The smallest absolute Gasteiger partial charge is 0.236 e. The van der Waals surface area contributed by atoms with E-state index < -0.39 is 0 Å². The Balaban J connectivity index is 2.35. The normalized spacial score (nSPS) is 15.7. The molecule has 0 saturated heterocycles. The van der Waals surface area contributed by atoms with Crippen LogP contribution in [0, 0.1) is 6.92 Å². The number of rotatable bonds is 4. The fourth-order valence-electron chi connectivity index (χ4n) is 0.741. The van der Waals surface area contributed by atoms with Gasteiger partial charge in [-0.2, -0.15) is 4.98 Å². The molecule has 1 rings (SSSR count). The van der Waals surface area contributed by atoms with Crippen molar-refractivity contribution in [1.29, 1.82) is 0 Å². The fraction of sp³-hybridized carbons (Fsp3) is 0.750. The minimum absolute atomic E-state index is 0.187. The van der Waals surface area contributed by atoms with E-state index in [0.29, 0.717) is 17.5 Å². The summed E-state index contributed by atoms with van der Waals surface area (Å²) in [5.41, 5.74) is 0. The number of hydrogen-bond acceptors (Lipinski definition) is 5. The summed E-state index contributed by atoms with van der Waals surface area (Å²) in [7, 11) is 0. The van der Waals surface area contributed by atoms with Gasteiger partial charge >= 0.3 is 0 Å². The molecular weight excluding hydrogens is 188 g/mol. The predicted octanol–water partition coefficient (Wildman–Crippen LogP) is 1.38. The Hall–Kier alpha value is -0.550. The molecule has 0 aliphatic heterocycles. The average Bonchev–Trinajstić information content (AvgIpc) is 2.47. The maximum Gasteiger partial charge on any atom is 0.236 e. The molecule has 0 aliphatic rings. The van der Waals surface area contributed by atoms with Crippen LogP contribution in [-0.2, 0) is 5.75 Å². The Kier molecular flexibility index (Phi) is 3.74. The minimum Gasteiger partial charge on any atom is -0.392 e. The van der Waals surface area contributed by atoms with Crippen molar-refractivity contribution in [1.82, 2.24) is 10.1 Å². The van der Waals surface area contributed by atoms with Crippen LogP contribution in [-0.4, -0.2) is 26.6 Å². The van der Waals surface area contributed by atoms with Gasteiger partial charge in [-0.25, -0.2) is 0 Å². The SMILES string of the molecule is Cc1noc(CSC(C)C(C)O)n1. The van der Waals surface area contributed by atoms with Crippen LogP contribution >= 0.6 is 11.8 Å². The lowest BCUT2D eigenvalue weighted by Gasteiger charge is -2.11. The maximum absolute atomic E-state index is 9.22. The minimum atomic E-state index is -0.311. The Morgan fingerprint density at radius 2 is 2.23 bits per heavy atom. The molecule has 0 amide bonds. The number of hydrogen-bond donors (Lipinski definition) is 1. The summed E-state index contributed by atoms with van der Waals surface area (Å²) < 4.78 is 4.93. The van der Waals surface area contributed by atoms with E-state index in [1.807, 2.05) is 6.92 Å². The van der Waals surface area contributed by atoms with Crippen molar-refractivity contribution in [3.8, 4) is 0 Å². The van der Waals surface area contributed by atoms with Gasteiger partial charge in [0, 0.05) is 5.25 Å². The first-order chi connectivity index (χ1) is 6.09. The highest BCUT2D eigenvalue weighted by atomic mass is 32.2. The topological polar surface area (TPSA) is 59.2 Å². The third kappa shape index (κ3) is 3.36. The lowest BCUT2D eigenvalue weighted by molar-refractivity contribution is 0.196. The monoisotopic (exact) mass is 202 g/mol. The lowest BCUT2D eigenvalue weighted by Crippen LogP contribution is -2.15. The second kappa shape index (κ2) is 4.62. The summed E-state index contributed by atoms with van der Waals surface area (Å²) in [6.45, 7) is 5.53. The predicted molar refractivity (Wildman–Crippen MR) is 51.5 cm³/mol. The quantitative estimate of drug-likeness (QED) is 0.799. The summed E-state index contributed by atoms with van der Waals surface area (Å²) in [4.78, 5) is 4.06. The molecule has 0 saturated carbocycles. The standard InChI is InChI=1S/C8H14N2O2S/c1-5(11)6(2)13-4-8-9-7(3)10-12-8/h5-6,11H,4H2,1-3H3. The van der Waals surface area contributed by atoms with Crippen LogP contribution in [0.3, 0.4) is 0 Å². The van der Waals surface area contributed by atoms with Crippen LogP contribution in [0.1, 0.15) is 25.6 Å². The van der Waals surface area contributed by atoms with Gasteiger partial charge in [0.25, 0.3) is 0 Å². The number of aliphatic hydroxyl groups is 1. The van der Waals surface area contributed by atoms with Gasteiger partial charge in [0.15, 0.2) is 5.82 Å². The summed E-state index contributed by atoms with van der Waals surface area (Å²) in [5.74, 6) is 1.93. The first-order valence-electron chi connectivity index (χ1n) is 4.18. The van der Waals surface area contributed by atoms with E-state index in [-0.39, 0.29) is 11.4 Å². The van der Waals surface area contributed by atoms with Gasteiger partial charge in [0.05, 0.1) is 11.9 Å². The molecular formula is C8H14N2O2S. The van der Waals surface area contributed by atoms with E-state index >= 15 is 0 Å². The van der Waals surface area contributed by atoms with Gasteiger partial charge < -0.3 is 9.63 Å². The molecule has 2 atom stereocenters. The molecule has 13 heavy (non-hydrogen) atoms. The van der Waals surface area contributed by atoms with Gasteiger partial charge in [0.1, 0.15) is 0 Å². The second-order valence-corrected chi connectivity index (χ2v) is 4.36. The highest BCUT2D eigenvalue weighted by molar-refractivity contribution is 7.99. The third-order valence-corrected chi connectivity index (χ3v) is 3.05. The summed E-state index contributed by atoms with van der Waals surface area (Å²) in [6.07, 6.45) is -0.311. The highest BCUT2D eigenvalue weighted by Gasteiger charge is 2.11. The number of nitrogens with zero attached hydrogens (tertiary/aromatic N) is 2. The van der Waals surface area contributed by atoms with Crippen molar-refractivity contribution in [2.75, 3.05) is 0 Å². The van der Waals surface area contributed by atoms with Crippen molar-refractivity contribution in [2.45, 2.75) is 37.9 Å². The van der Waals surface area contributed by atoms with Crippen molar-refractivity contribution < 1.29 is 9.63 Å². The Labute approximate surface area is 81.7 Å². The second-order valence-electron chi connectivity index (χ2n) is 2.99. The van der Waals surface area contributed by atoms with Crippen molar-refractivity contribution >= 4 is 11.8 Å². The average molecular weight is 202 g/mol. The summed E-state index contributed by atoms with van der Waals surface area (Å²) in [5, 5.41) is 13.1. The van der Waals surface area contributed by atoms with Gasteiger partial charge in [0.2, 0.25) is 5.89 Å². The molecule has 0 bridgehead atoms. The molecule has 0 spiro atoms. The molecule has 1 aromatic rings. The zero-order valence-corrected chi connectivity index (χ0v) is 8.84. The number of aliphatic hydroxyl groups excluding tert-OH is 1. The van der Waals surface area contributed by atoms with E-state index in [2.05, 4.69) is 10.1 Å². The van der Waals surface area contributed by atoms with Crippen molar-refractivity contribution in [2.24, 2.45) is 0 Å². The lowest BCUT2D eigenvalue weighted by atomic mass is 10.3. The molecule has 1 N–H and O–H groups in total. The highest BCUT2D eigenvalue weighted by Crippen LogP contribution is 2.18. The van der Waals surface area contributed by atoms with Gasteiger partial charge in [-0.3, -0.25) is 0 Å². The molecule has 2 unspecified atom stereocenters.